The number of aryl methyl sites for hydroxylation is 1. The zero-order valence-electron chi connectivity index (χ0n) is 33.2. The van der Waals surface area contributed by atoms with E-state index >= 15 is 0 Å². The molecule has 7 aromatic carbocycles. The molecule has 59 heavy (non-hydrogen) atoms. The number of hydrogen-bond donors (Lipinski definition) is 0. The SMILES string of the molecule is Cc1ccc(C(C)C)cc1.[Cl][Ru][Cl].c1ccc(P(c2ccccc2)c2ccc3c(c2-c2c(P(c4ccccc4)c4ccccc4)ccc4c2OCCO4)OCCO3)cc1. The van der Waals surface area contributed by atoms with Crippen molar-refractivity contribution in [2.75, 3.05) is 26.4 Å². The Hall–Kier alpha value is -4.20. The van der Waals surface area contributed by atoms with Crippen molar-refractivity contribution in [2.24, 2.45) is 0 Å². The van der Waals surface area contributed by atoms with E-state index in [1.165, 1.54) is 43.0 Å². The molecule has 9 heteroatoms. The van der Waals surface area contributed by atoms with Gasteiger partial charge in [-0.05, 0) is 90.3 Å². The molecule has 0 N–H and O–H groups in total. The van der Waals surface area contributed by atoms with Gasteiger partial charge in [0.05, 0.1) is 0 Å². The molecule has 2 aliphatic heterocycles. The first-order chi connectivity index (χ1) is 29.0. The van der Waals surface area contributed by atoms with E-state index in [0.717, 1.165) is 34.1 Å². The summed E-state index contributed by atoms with van der Waals surface area (Å²) in [5, 5.41) is 7.43. The second-order valence-corrected chi connectivity index (χ2v) is 21.1. The standard InChI is InChI=1S/C40H32O4P2.C10H14.2ClH.Ru/c1-5-13-29(14-6-1)45(30-15-7-2-8-16-30)35-23-21-33-39(43-27-25-41-33)37(35)38-36(24-22-34-40(38)44-28-26-42-34)46(31-17-9-3-10-18-31)32-19-11-4-12-20-32;1-8(2)10-6-4-9(3)5-7-10;;;/h1-24H,25-28H2;4-8H,1-3H3;2*1H;/q;;;;+2/p-2. The minimum Gasteiger partial charge on any atom is -0.486 e. The smallest absolute Gasteiger partial charge is 0.169 e. The fourth-order valence-electron chi connectivity index (χ4n) is 7.18. The second-order valence-electron chi connectivity index (χ2n) is 14.1. The molecule has 0 aromatic heterocycles. The van der Waals surface area contributed by atoms with Gasteiger partial charge < -0.3 is 18.9 Å². The maximum absolute atomic E-state index is 6.60. The van der Waals surface area contributed by atoms with E-state index in [1.54, 1.807) is 0 Å². The van der Waals surface area contributed by atoms with E-state index in [-0.39, 0.29) is 15.1 Å². The van der Waals surface area contributed by atoms with Gasteiger partial charge in [-0.25, -0.2) is 0 Å². The average Bonchev–Trinajstić information content (AvgIpc) is 3.29. The Labute approximate surface area is 367 Å². The fourth-order valence-corrected chi connectivity index (χ4v) is 12.1. The van der Waals surface area contributed by atoms with Crippen LogP contribution < -0.4 is 50.8 Å². The summed E-state index contributed by atoms with van der Waals surface area (Å²) in [7, 11) is 7.74. The molecule has 9 rings (SSSR count). The number of fused-ring (bicyclic) bond motifs is 2. The van der Waals surface area contributed by atoms with Crippen molar-refractivity contribution in [3.63, 3.8) is 0 Å². The number of benzene rings is 7. The topological polar surface area (TPSA) is 36.9 Å². The van der Waals surface area contributed by atoms with Crippen LogP contribution in [0.25, 0.3) is 11.1 Å². The van der Waals surface area contributed by atoms with Crippen LogP contribution in [0.3, 0.4) is 0 Å². The Morgan fingerprint density at radius 1 is 0.441 bits per heavy atom. The first-order valence-corrected chi connectivity index (χ1v) is 26.7. The molecule has 0 radical (unpaired) electrons. The van der Waals surface area contributed by atoms with Gasteiger partial charge in [-0.2, -0.15) is 0 Å². The van der Waals surface area contributed by atoms with Crippen molar-refractivity contribution in [3.05, 3.63) is 181 Å². The summed E-state index contributed by atoms with van der Waals surface area (Å²) in [5.41, 5.74) is 4.80. The average molecular weight is 945 g/mol. The van der Waals surface area contributed by atoms with Crippen molar-refractivity contribution < 1.29 is 34.1 Å². The van der Waals surface area contributed by atoms with Gasteiger partial charge in [-0.1, -0.05) is 165 Å². The molecule has 0 saturated heterocycles. The molecule has 7 aromatic rings. The van der Waals surface area contributed by atoms with Crippen LogP contribution in [-0.4, -0.2) is 26.4 Å². The largest absolute Gasteiger partial charge is 0.486 e. The van der Waals surface area contributed by atoms with E-state index in [4.69, 9.17) is 38.3 Å². The number of hydrogen-bond acceptors (Lipinski definition) is 4. The summed E-state index contributed by atoms with van der Waals surface area (Å²) in [6.07, 6.45) is 0. The Morgan fingerprint density at radius 3 is 1.08 bits per heavy atom. The third-order valence-electron chi connectivity index (χ3n) is 9.91. The monoisotopic (exact) mass is 944 g/mol. The zero-order valence-corrected chi connectivity index (χ0v) is 38.2. The van der Waals surface area contributed by atoms with Gasteiger partial charge in [0.15, 0.2) is 23.0 Å². The summed E-state index contributed by atoms with van der Waals surface area (Å²) in [6.45, 7) is 8.52. The van der Waals surface area contributed by atoms with Crippen molar-refractivity contribution >= 4 is 67.1 Å². The molecule has 302 valence electrons. The van der Waals surface area contributed by atoms with Gasteiger partial charge >= 0.3 is 34.5 Å². The summed E-state index contributed by atoms with van der Waals surface area (Å²) in [5.74, 6) is 3.70. The van der Waals surface area contributed by atoms with Crippen molar-refractivity contribution in [3.8, 4) is 34.1 Å². The van der Waals surface area contributed by atoms with Crippen molar-refractivity contribution in [1.82, 2.24) is 0 Å². The quantitative estimate of drug-likeness (QED) is 0.112. The Balaban J connectivity index is 0.000000351. The Kier molecular flexibility index (Phi) is 15.5. The molecule has 4 nitrogen and oxygen atoms in total. The Bertz CT molecular complexity index is 2160. The maximum Gasteiger partial charge on any atom is 0.169 e. The summed E-state index contributed by atoms with van der Waals surface area (Å²) in [6, 6.07) is 60.6. The second kappa shape index (κ2) is 21.4. The van der Waals surface area contributed by atoms with Gasteiger partial charge in [0.2, 0.25) is 0 Å². The molecule has 0 atom stereocenters. The molecule has 0 amide bonds. The molecule has 2 aliphatic rings. The van der Waals surface area contributed by atoms with Crippen LogP contribution in [0.2, 0.25) is 0 Å². The first kappa shape index (κ1) is 42.9. The molecule has 0 saturated carbocycles. The maximum atomic E-state index is 6.60. The molecule has 0 unspecified atom stereocenters. The van der Waals surface area contributed by atoms with Crippen LogP contribution in [0.5, 0.6) is 23.0 Å². The van der Waals surface area contributed by atoms with Gasteiger partial charge in [-0.3, -0.25) is 0 Å². The van der Waals surface area contributed by atoms with Gasteiger partial charge in [-0.15, -0.1) is 0 Å². The van der Waals surface area contributed by atoms with E-state index in [1.807, 2.05) is 0 Å². The van der Waals surface area contributed by atoms with E-state index in [9.17, 15) is 0 Å². The first-order valence-electron chi connectivity index (χ1n) is 19.6. The predicted molar refractivity (Wildman–Crippen MR) is 248 cm³/mol. The third kappa shape index (κ3) is 10.4. The fraction of sp³-hybridized carbons (Fsp3) is 0.160. The van der Waals surface area contributed by atoms with Crippen LogP contribution in [0.15, 0.2) is 170 Å². The number of rotatable bonds is 8. The van der Waals surface area contributed by atoms with E-state index < -0.39 is 15.8 Å². The van der Waals surface area contributed by atoms with Gasteiger partial charge in [0, 0.05) is 11.1 Å². The minimum absolute atomic E-state index is 0.346. The third-order valence-corrected chi connectivity index (χ3v) is 14.9. The number of halogens is 2. The van der Waals surface area contributed by atoms with Crippen LogP contribution >= 0.6 is 35.2 Å². The summed E-state index contributed by atoms with van der Waals surface area (Å²) < 4.78 is 25.7. The van der Waals surface area contributed by atoms with E-state index in [0.29, 0.717) is 32.3 Å². The molecular formula is C50H46Cl2O4P2Ru. The van der Waals surface area contributed by atoms with Crippen LogP contribution in [0.4, 0.5) is 0 Å². The summed E-state index contributed by atoms with van der Waals surface area (Å²) >= 11 is -0.346. The van der Waals surface area contributed by atoms with Crippen molar-refractivity contribution in [1.29, 1.82) is 0 Å². The Morgan fingerprint density at radius 2 is 0.763 bits per heavy atom. The molecule has 0 fully saturated rings. The molecular weight excluding hydrogens is 898 g/mol. The van der Waals surface area contributed by atoms with Gasteiger partial charge in [0.25, 0.3) is 0 Å². The van der Waals surface area contributed by atoms with Crippen molar-refractivity contribution in [2.45, 2.75) is 26.7 Å². The normalized spacial score (nSPS) is 12.7. The molecule has 0 aliphatic carbocycles. The predicted octanol–water partition coefficient (Wildman–Crippen LogP) is 10.9. The zero-order chi connectivity index (χ0) is 41.0. The molecule has 0 bridgehead atoms. The van der Waals surface area contributed by atoms with Crippen LogP contribution in [0.1, 0.15) is 30.9 Å². The van der Waals surface area contributed by atoms with E-state index in [2.05, 4.69) is 191 Å². The van der Waals surface area contributed by atoms with Crippen LogP contribution in [0, 0.1) is 6.92 Å². The van der Waals surface area contributed by atoms with Crippen LogP contribution in [-0.2, 0) is 15.1 Å². The molecule has 0 spiro atoms. The summed E-state index contributed by atoms with van der Waals surface area (Å²) in [4.78, 5) is 0. The van der Waals surface area contributed by atoms with Gasteiger partial charge in [0.1, 0.15) is 26.4 Å². The number of ether oxygens (including phenoxy) is 4. The molecule has 2 heterocycles. The minimum atomic E-state index is -0.984.